The lowest BCUT2D eigenvalue weighted by atomic mass is 10.4. The molecule has 3 nitrogen and oxygen atoms in total. The topological polar surface area (TPSA) is 35.5 Å². The molecular formula is C5H10O3. The quantitative estimate of drug-likeness (QED) is 0.494. The van der Waals surface area contributed by atoms with E-state index in [0.29, 0.717) is 13.1 Å². The summed E-state index contributed by atoms with van der Waals surface area (Å²) in [4.78, 5) is 9.61. The third-order valence-corrected chi connectivity index (χ3v) is 0.689. The molecule has 0 radical (unpaired) electrons. The molecule has 0 aromatic heterocycles. The van der Waals surface area contributed by atoms with Gasteiger partial charge in [0.15, 0.2) is 0 Å². The van der Waals surface area contributed by atoms with E-state index in [1.165, 1.54) is 0 Å². The maximum absolute atomic E-state index is 9.61. The molecule has 0 fully saturated rings. The van der Waals surface area contributed by atoms with Crippen LogP contribution < -0.4 is 0 Å². The van der Waals surface area contributed by atoms with E-state index < -0.39 is 0 Å². The largest absolute Gasteiger partial charge is 0.462 e. The Kier molecular flexibility index (Phi) is 4.26. The van der Waals surface area contributed by atoms with Crippen LogP contribution in [0, 0.1) is 0 Å². The number of methoxy groups -OCH3 is 1. The molecule has 0 N–H and O–H groups in total. The minimum Gasteiger partial charge on any atom is -0.462 e. The van der Waals surface area contributed by atoms with Gasteiger partial charge < -0.3 is 9.47 Å². The summed E-state index contributed by atoms with van der Waals surface area (Å²) < 4.78 is 9.15. The van der Waals surface area contributed by atoms with Gasteiger partial charge in [-0.15, -0.1) is 0 Å². The minimum atomic E-state index is -0.127. The number of rotatable bonds is 4. The van der Waals surface area contributed by atoms with Crippen LogP contribution in [0.3, 0.4) is 0 Å². The van der Waals surface area contributed by atoms with Crippen LogP contribution in [0.1, 0.15) is 6.92 Å². The molecule has 0 aliphatic rings. The summed E-state index contributed by atoms with van der Waals surface area (Å²) in [6, 6.07) is 0. The monoisotopic (exact) mass is 118 g/mol. The first-order valence-electron chi connectivity index (χ1n) is 2.39. The van der Waals surface area contributed by atoms with Crippen molar-refractivity contribution < 1.29 is 14.3 Å². The van der Waals surface area contributed by atoms with Crippen molar-refractivity contribution in [2.24, 2.45) is 0 Å². The highest BCUT2D eigenvalue weighted by molar-refractivity contribution is 5.37. The molecule has 0 aromatic rings. The Morgan fingerprint density at radius 1 is 1.75 bits per heavy atom. The van der Waals surface area contributed by atoms with Crippen LogP contribution >= 0.6 is 0 Å². The molecule has 0 unspecified atom stereocenters. The van der Waals surface area contributed by atoms with Gasteiger partial charge in [0.25, 0.3) is 6.47 Å². The zero-order valence-corrected chi connectivity index (χ0v) is 5.09. The van der Waals surface area contributed by atoms with E-state index >= 15 is 0 Å². The first-order chi connectivity index (χ1) is 3.81. The van der Waals surface area contributed by atoms with Gasteiger partial charge in [-0.25, -0.2) is 0 Å². The Labute approximate surface area is 48.6 Å². The van der Waals surface area contributed by atoms with Gasteiger partial charge in [-0.3, -0.25) is 4.79 Å². The Bertz CT molecular complexity index is 62.7. The fourth-order valence-electron chi connectivity index (χ4n) is 0.369. The molecule has 0 heterocycles. The molecule has 0 rings (SSSR count). The van der Waals surface area contributed by atoms with Crippen LogP contribution in [-0.4, -0.2) is 26.3 Å². The molecule has 1 atom stereocenters. The van der Waals surface area contributed by atoms with Crippen LogP contribution in [0.2, 0.25) is 0 Å². The maximum Gasteiger partial charge on any atom is 0.293 e. The standard InChI is InChI=1S/C5H10O3/c1-5(3-7-2)8-4-6/h4-5H,3H2,1-2H3/t5-/m0/s1. The first kappa shape index (κ1) is 7.43. The van der Waals surface area contributed by atoms with Gasteiger partial charge in [-0.1, -0.05) is 0 Å². The van der Waals surface area contributed by atoms with Crippen molar-refractivity contribution in [1.82, 2.24) is 0 Å². The summed E-state index contributed by atoms with van der Waals surface area (Å²) in [7, 11) is 1.56. The molecule has 0 amide bonds. The SMILES string of the molecule is COC[C@H](C)OC=O. The Morgan fingerprint density at radius 3 is 2.75 bits per heavy atom. The molecular weight excluding hydrogens is 108 g/mol. The fourth-order valence-corrected chi connectivity index (χ4v) is 0.369. The van der Waals surface area contributed by atoms with Gasteiger partial charge in [0, 0.05) is 7.11 Å². The number of hydrogen-bond acceptors (Lipinski definition) is 3. The number of ether oxygens (including phenoxy) is 2. The van der Waals surface area contributed by atoms with Crippen molar-refractivity contribution in [3.63, 3.8) is 0 Å². The molecule has 0 aliphatic heterocycles. The predicted molar refractivity (Wildman–Crippen MR) is 28.5 cm³/mol. The van der Waals surface area contributed by atoms with Crippen LogP contribution in [0.25, 0.3) is 0 Å². The molecule has 0 aliphatic carbocycles. The lowest BCUT2D eigenvalue weighted by Crippen LogP contribution is -2.13. The third kappa shape index (κ3) is 3.61. The van der Waals surface area contributed by atoms with Crippen LogP contribution in [-0.2, 0) is 14.3 Å². The van der Waals surface area contributed by atoms with E-state index in [2.05, 4.69) is 9.47 Å². The summed E-state index contributed by atoms with van der Waals surface area (Å²) >= 11 is 0. The molecule has 48 valence electrons. The number of hydrogen-bond donors (Lipinski definition) is 0. The van der Waals surface area contributed by atoms with Gasteiger partial charge in [0.1, 0.15) is 6.10 Å². The van der Waals surface area contributed by atoms with Crippen LogP contribution in [0.15, 0.2) is 0 Å². The first-order valence-corrected chi connectivity index (χ1v) is 2.39. The molecule has 0 spiro atoms. The normalized spacial score (nSPS) is 12.8. The smallest absolute Gasteiger partial charge is 0.293 e. The molecule has 0 aromatic carbocycles. The van der Waals surface area contributed by atoms with Crippen molar-refractivity contribution in [3.05, 3.63) is 0 Å². The average molecular weight is 118 g/mol. The highest BCUT2D eigenvalue weighted by atomic mass is 16.6. The van der Waals surface area contributed by atoms with Crippen LogP contribution in [0.5, 0.6) is 0 Å². The van der Waals surface area contributed by atoms with Crippen molar-refractivity contribution in [2.75, 3.05) is 13.7 Å². The van der Waals surface area contributed by atoms with Gasteiger partial charge in [0.2, 0.25) is 0 Å². The number of carbonyl (C=O) groups excluding carboxylic acids is 1. The van der Waals surface area contributed by atoms with Gasteiger partial charge in [-0.2, -0.15) is 0 Å². The lowest BCUT2D eigenvalue weighted by Gasteiger charge is -2.05. The van der Waals surface area contributed by atoms with E-state index in [1.807, 2.05) is 0 Å². The Morgan fingerprint density at radius 2 is 2.38 bits per heavy atom. The third-order valence-electron chi connectivity index (χ3n) is 0.689. The van der Waals surface area contributed by atoms with E-state index in [0.717, 1.165) is 0 Å². The summed E-state index contributed by atoms with van der Waals surface area (Å²) in [6.45, 7) is 2.64. The van der Waals surface area contributed by atoms with Crippen molar-refractivity contribution in [3.8, 4) is 0 Å². The minimum absolute atomic E-state index is 0.127. The van der Waals surface area contributed by atoms with E-state index in [4.69, 9.17) is 0 Å². The van der Waals surface area contributed by atoms with Gasteiger partial charge >= 0.3 is 0 Å². The second kappa shape index (κ2) is 4.59. The second-order valence-corrected chi connectivity index (χ2v) is 1.50. The Hall–Kier alpha value is -0.570. The van der Waals surface area contributed by atoms with Crippen molar-refractivity contribution in [2.45, 2.75) is 13.0 Å². The average Bonchev–Trinajstić information content (AvgIpc) is 1.68. The molecule has 0 bridgehead atoms. The zero-order valence-electron chi connectivity index (χ0n) is 5.09. The maximum atomic E-state index is 9.61. The van der Waals surface area contributed by atoms with Crippen LogP contribution in [0.4, 0.5) is 0 Å². The van der Waals surface area contributed by atoms with E-state index in [9.17, 15) is 4.79 Å². The summed E-state index contributed by atoms with van der Waals surface area (Å²) in [5, 5.41) is 0. The fraction of sp³-hybridized carbons (Fsp3) is 0.800. The molecule has 0 saturated carbocycles. The molecule has 0 saturated heterocycles. The summed E-state index contributed by atoms with van der Waals surface area (Å²) in [5.41, 5.74) is 0. The lowest BCUT2D eigenvalue weighted by molar-refractivity contribution is -0.134. The van der Waals surface area contributed by atoms with E-state index in [1.54, 1.807) is 14.0 Å². The number of carbonyl (C=O) groups is 1. The predicted octanol–water partition coefficient (Wildman–Crippen LogP) is 0.194. The Balaban J connectivity index is 3.03. The van der Waals surface area contributed by atoms with Gasteiger partial charge in [0.05, 0.1) is 6.61 Å². The summed E-state index contributed by atoms with van der Waals surface area (Å²) in [5.74, 6) is 0. The van der Waals surface area contributed by atoms with E-state index in [-0.39, 0.29) is 6.10 Å². The highest BCUT2D eigenvalue weighted by Gasteiger charge is 1.96. The molecule has 3 heteroatoms. The zero-order chi connectivity index (χ0) is 6.41. The van der Waals surface area contributed by atoms with Crippen molar-refractivity contribution in [1.29, 1.82) is 0 Å². The van der Waals surface area contributed by atoms with Gasteiger partial charge in [-0.05, 0) is 6.92 Å². The second-order valence-electron chi connectivity index (χ2n) is 1.50. The molecule has 8 heavy (non-hydrogen) atoms. The summed E-state index contributed by atoms with van der Waals surface area (Å²) in [6.07, 6.45) is -0.127. The highest BCUT2D eigenvalue weighted by Crippen LogP contribution is 1.85. The van der Waals surface area contributed by atoms with Crippen molar-refractivity contribution >= 4 is 6.47 Å².